The second-order valence-corrected chi connectivity index (χ2v) is 5.47. The maximum absolute atomic E-state index is 11.6. The summed E-state index contributed by atoms with van der Waals surface area (Å²) in [5.74, 6) is 0.602. The highest BCUT2D eigenvalue weighted by atomic mass is 16.5. The van der Waals surface area contributed by atoms with E-state index < -0.39 is 6.10 Å². The van der Waals surface area contributed by atoms with E-state index in [0.717, 1.165) is 18.4 Å². The largest absolute Gasteiger partial charge is 0.493 e. The summed E-state index contributed by atoms with van der Waals surface area (Å²) in [4.78, 5) is 11.6. The lowest BCUT2D eigenvalue weighted by atomic mass is 10.0. The average Bonchev–Trinajstić information content (AvgIpc) is 2.53. The Balaban J connectivity index is 2.58. The van der Waals surface area contributed by atoms with Gasteiger partial charge in [-0.2, -0.15) is 5.26 Å². The lowest BCUT2D eigenvalue weighted by Crippen LogP contribution is -2.18. The number of rotatable bonds is 10. The predicted octanol–water partition coefficient (Wildman–Crippen LogP) is 2.86. The first-order valence-corrected chi connectivity index (χ1v) is 8.04. The molecule has 0 aliphatic rings. The smallest absolute Gasteiger partial charge is 0.306 e. The van der Waals surface area contributed by atoms with Gasteiger partial charge in [-0.3, -0.25) is 4.79 Å². The van der Waals surface area contributed by atoms with Gasteiger partial charge in [0, 0.05) is 12.3 Å². The van der Waals surface area contributed by atoms with Crippen molar-refractivity contribution in [3.63, 3.8) is 0 Å². The van der Waals surface area contributed by atoms with Gasteiger partial charge in [0.1, 0.15) is 11.9 Å². The number of nitrogens with zero attached hydrogens (tertiary/aromatic N) is 1. The van der Waals surface area contributed by atoms with Gasteiger partial charge < -0.3 is 14.6 Å². The summed E-state index contributed by atoms with van der Waals surface area (Å²) >= 11 is 0. The molecule has 5 heteroatoms. The number of hydrogen-bond donors (Lipinski definition) is 1. The molecule has 126 valence electrons. The van der Waals surface area contributed by atoms with Crippen molar-refractivity contribution in [3.05, 3.63) is 29.8 Å². The van der Waals surface area contributed by atoms with E-state index in [-0.39, 0.29) is 18.3 Å². The number of ether oxygens (including phenoxy) is 2. The van der Waals surface area contributed by atoms with Gasteiger partial charge in [-0.1, -0.05) is 25.5 Å². The van der Waals surface area contributed by atoms with Crippen molar-refractivity contribution in [1.82, 2.24) is 0 Å². The first-order chi connectivity index (χ1) is 11.1. The van der Waals surface area contributed by atoms with Gasteiger partial charge in [-0.05, 0) is 31.0 Å². The van der Waals surface area contributed by atoms with Crippen LogP contribution in [0.15, 0.2) is 24.3 Å². The van der Waals surface area contributed by atoms with Crippen molar-refractivity contribution >= 4 is 5.97 Å². The molecule has 1 aromatic rings. The molecule has 1 aromatic carbocycles. The number of hydrogen-bond acceptors (Lipinski definition) is 5. The van der Waals surface area contributed by atoms with Crippen LogP contribution < -0.4 is 4.74 Å². The quantitative estimate of drug-likeness (QED) is 0.530. The molecule has 0 aromatic heterocycles. The second kappa shape index (κ2) is 10.6. The molecule has 0 radical (unpaired) electrons. The van der Waals surface area contributed by atoms with Crippen LogP contribution in [0.1, 0.15) is 38.7 Å². The number of aliphatic hydroxyl groups excluding tert-OH is 1. The normalized spacial score (nSPS) is 13.0. The van der Waals surface area contributed by atoms with E-state index in [9.17, 15) is 9.90 Å². The van der Waals surface area contributed by atoms with E-state index in [4.69, 9.17) is 14.7 Å². The molecular formula is C18H25NO4. The lowest BCUT2D eigenvalue weighted by molar-refractivity contribution is -0.144. The summed E-state index contributed by atoms with van der Waals surface area (Å²) in [6.07, 6.45) is 1.48. The Morgan fingerprint density at radius 1 is 1.39 bits per heavy atom. The van der Waals surface area contributed by atoms with Crippen LogP contribution in [-0.4, -0.2) is 30.4 Å². The van der Waals surface area contributed by atoms with Crippen molar-refractivity contribution in [2.24, 2.45) is 5.92 Å². The van der Waals surface area contributed by atoms with Gasteiger partial charge in [0.05, 0.1) is 25.7 Å². The number of carbonyl (C=O) groups excluding carboxylic acids is 1. The Hall–Kier alpha value is -2.06. The van der Waals surface area contributed by atoms with Crippen molar-refractivity contribution < 1.29 is 19.4 Å². The van der Waals surface area contributed by atoms with E-state index in [1.165, 1.54) is 0 Å². The summed E-state index contributed by atoms with van der Waals surface area (Å²) in [7, 11) is 0. The topological polar surface area (TPSA) is 79.5 Å². The van der Waals surface area contributed by atoms with Gasteiger partial charge in [-0.25, -0.2) is 0 Å². The van der Waals surface area contributed by atoms with E-state index >= 15 is 0 Å². The Morgan fingerprint density at radius 3 is 2.83 bits per heavy atom. The van der Waals surface area contributed by atoms with Crippen LogP contribution in [0.5, 0.6) is 5.75 Å². The Labute approximate surface area is 137 Å². The molecule has 0 spiro atoms. The minimum Gasteiger partial charge on any atom is -0.493 e. The van der Waals surface area contributed by atoms with Crippen molar-refractivity contribution in [1.29, 1.82) is 5.26 Å². The molecule has 0 saturated heterocycles. The zero-order valence-corrected chi connectivity index (χ0v) is 13.8. The molecule has 0 bridgehead atoms. The molecule has 1 N–H and O–H groups in total. The van der Waals surface area contributed by atoms with Crippen LogP contribution in [-0.2, 0) is 16.0 Å². The summed E-state index contributed by atoms with van der Waals surface area (Å²) in [6, 6.07) is 9.11. The molecule has 0 aliphatic heterocycles. The highest BCUT2D eigenvalue weighted by molar-refractivity contribution is 5.69. The first-order valence-electron chi connectivity index (χ1n) is 8.04. The van der Waals surface area contributed by atoms with E-state index in [0.29, 0.717) is 25.4 Å². The molecule has 2 atom stereocenters. The van der Waals surface area contributed by atoms with Gasteiger partial charge >= 0.3 is 5.97 Å². The zero-order chi connectivity index (χ0) is 17.1. The van der Waals surface area contributed by atoms with Gasteiger partial charge in [-0.15, -0.1) is 0 Å². The predicted molar refractivity (Wildman–Crippen MR) is 86.9 cm³/mol. The lowest BCUT2D eigenvalue weighted by Gasteiger charge is -2.16. The van der Waals surface area contributed by atoms with Crippen molar-refractivity contribution in [3.8, 4) is 11.8 Å². The minimum absolute atomic E-state index is 0.118. The first kappa shape index (κ1) is 19.0. The number of nitriles is 1. The van der Waals surface area contributed by atoms with Crippen molar-refractivity contribution in [2.75, 3.05) is 13.2 Å². The molecule has 0 heterocycles. The van der Waals surface area contributed by atoms with Crippen LogP contribution in [0.3, 0.4) is 0 Å². The molecule has 1 unspecified atom stereocenters. The maximum Gasteiger partial charge on any atom is 0.306 e. The number of esters is 1. The molecule has 0 amide bonds. The Bertz CT molecular complexity index is 524. The summed E-state index contributed by atoms with van der Waals surface area (Å²) < 4.78 is 10.8. The van der Waals surface area contributed by atoms with Crippen LogP contribution in [0.2, 0.25) is 0 Å². The number of carbonyl (C=O) groups is 1. The molecule has 0 aliphatic carbocycles. The van der Waals surface area contributed by atoms with Crippen LogP contribution in [0.4, 0.5) is 0 Å². The van der Waals surface area contributed by atoms with Crippen LogP contribution in [0, 0.1) is 17.2 Å². The molecule has 0 fully saturated rings. The van der Waals surface area contributed by atoms with E-state index in [2.05, 4.69) is 6.92 Å². The number of benzene rings is 1. The monoisotopic (exact) mass is 319 g/mol. The van der Waals surface area contributed by atoms with E-state index in [1.54, 1.807) is 13.0 Å². The SMILES string of the molecule is CCCC(COc1cccc(C[C@H](O)C#N)c1)CC(=O)OCC. The van der Waals surface area contributed by atoms with Gasteiger partial charge in [0.25, 0.3) is 0 Å². The minimum atomic E-state index is -1.01. The van der Waals surface area contributed by atoms with E-state index in [1.807, 2.05) is 24.3 Å². The summed E-state index contributed by atoms with van der Waals surface area (Å²) in [5.41, 5.74) is 0.842. The average molecular weight is 319 g/mol. The Morgan fingerprint density at radius 2 is 2.17 bits per heavy atom. The van der Waals surface area contributed by atoms with Gasteiger partial charge in [0.15, 0.2) is 0 Å². The highest BCUT2D eigenvalue weighted by Crippen LogP contribution is 2.18. The molecule has 23 heavy (non-hydrogen) atoms. The summed E-state index contributed by atoms with van der Waals surface area (Å²) in [6.45, 7) is 4.70. The number of aliphatic hydroxyl groups is 1. The van der Waals surface area contributed by atoms with Crippen molar-refractivity contribution in [2.45, 2.75) is 45.6 Å². The Kier molecular flexibility index (Phi) is 8.78. The molecule has 1 rings (SSSR count). The van der Waals surface area contributed by atoms with Crippen LogP contribution >= 0.6 is 0 Å². The fraction of sp³-hybridized carbons (Fsp3) is 0.556. The third kappa shape index (κ3) is 7.66. The summed E-state index contributed by atoms with van der Waals surface area (Å²) in [5, 5.41) is 18.0. The fourth-order valence-electron chi connectivity index (χ4n) is 2.35. The molecule has 0 saturated carbocycles. The fourth-order valence-corrected chi connectivity index (χ4v) is 2.35. The second-order valence-electron chi connectivity index (χ2n) is 5.47. The van der Waals surface area contributed by atoms with Crippen LogP contribution in [0.25, 0.3) is 0 Å². The standard InChI is InChI=1S/C18H25NO4/c1-3-6-15(11-18(21)22-4-2)13-23-17-8-5-7-14(10-17)9-16(20)12-19/h5,7-8,10,15-16,20H,3-4,6,9,11,13H2,1-2H3/t15?,16-/m0/s1. The third-order valence-corrected chi connectivity index (χ3v) is 3.42. The zero-order valence-electron chi connectivity index (χ0n) is 13.8. The molecular weight excluding hydrogens is 294 g/mol. The highest BCUT2D eigenvalue weighted by Gasteiger charge is 2.15. The van der Waals surface area contributed by atoms with Gasteiger partial charge in [0.2, 0.25) is 0 Å². The molecule has 5 nitrogen and oxygen atoms in total. The maximum atomic E-state index is 11.6. The third-order valence-electron chi connectivity index (χ3n) is 3.42.